The Labute approximate surface area is 137 Å². The summed E-state index contributed by atoms with van der Waals surface area (Å²) in [6, 6.07) is 3.58. The molecule has 2 unspecified atom stereocenters. The standard InChI is InChI=1S/C17H26N2O4/c1-10(13-8-18-9-13)17(20)19-11(2)12-6-14(21-3)16(23-5)15(7-12)22-4/h6-7,10-11,13,18H,8-9H2,1-5H3,(H,19,20). The Morgan fingerprint density at radius 3 is 2.09 bits per heavy atom. The summed E-state index contributed by atoms with van der Waals surface area (Å²) in [5.74, 6) is 2.20. The van der Waals surface area contributed by atoms with Gasteiger partial charge in [0.2, 0.25) is 11.7 Å². The van der Waals surface area contributed by atoms with Crippen molar-refractivity contribution in [2.45, 2.75) is 19.9 Å². The topological polar surface area (TPSA) is 68.8 Å². The molecule has 0 saturated carbocycles. The summed E-state index contributed by atoms with van der Waals surface area (Å²) >= 11 is 0. The quantitative estimate of drug-likeness (QED) is 0.800. The van der Waals surface area contributed by atoms with Crippen LogP contribution in [0.15, 0.2) is 12.1 Å². The number of rotatable bonds is 7. The number of methoxy groups -OCH3 is 3. The minimum Gasteiger partial charge on any atom is -0.493 e. The number of hydrogen-bond donors (Lipinski definition) is 2. The van der Waals surface area contributed by atoms with E-state index >= 15 is 0 Å². The average molecular weight is 322 g/mol. The lowest BCUT2D eigenvalue weighted by atomic mass is 9.88. The van der Waals surface area contributed by atoms with E-state index in [1.54, 1.807) is 21.3 Å². The second kappa shape index (κ2) is 7.55. The van der Waals surface area contributed by atoms with Gasteiger partial charge in [0.15, 0.2) is 11.5 Å². The van der Waals surface area contributed by atoms with Crippen LogP contribution in [-0.2, 0) is 4.79 Å². The molecule has 0 aromatic heterocycles. The van der Waals surface area contributed by atoms with Gasteiger partial charge in [-0.1, -0.05) is 6.92 Å². The minimum absolute atomic E-state index is 0.000685. The molecule has 2 rings (SSSR count). The maximum atomic E-state index is 12.4. The van der Waals surface area contributed by atoms with Crippen molar-refractivity contribution < 1.29 is 19.0 Å². The van der Waals surface area contributed by atoms with Crippen molar-refractivity contribution in [3.05, 3.63) is 17.7 Å². The number of benzene rings is 1. The molecule has 2 atom stereocenters. The molecule has 1 aromatic rings. The van der Waals surface area contributed by atoms with Crippen molar-refractivity contribution in [3.63, 3.8) is 0 Å². The molecule has 1 heterocycles. The number of ether oxygens (including phenoxy) is 3. The van der Waals surface area contributed by atoms with E-state index in [2.05, 4.69) is 10.6 Å². The van der Waals surface area contributed by atoms with Crippen LogP contribution in [0.4, 0.5) is 0 Å². The van der Waals surface area contributed by atoms with Crippen molar-refractivity contribution in [1.29, 1.82) is 0 Å². The zero-order valence-electron chi connectivity index (χ0n) is 14.4. The van der Waals surface area contributed by atoms with E-state index in [4.69, 9.17) is 14.2 Å². The van der Waals surface area contributed by atoms with Gasteiger partial charge in [0.1, 0.15) is 0 Å². The lowest BCUT2D eigenvalue weighted by Gasteiger charge is -2.32. The number of carbonyl (C=O) groups excluding carboxylic acids is 1. The van der Waals surface area contributed by atoms with Crippen LogP contribution in [0, 0.1) is 11.8 Å². The summed E-state index contributed by atoms with van der Waals surface area (Å²) in [7, 11) is 4.73. The largest absolute Gasteiger partial charge is 0.493 e. The zero-order chi connectivity index (χ0) is 17.0. The number of amides is 1. The molecule has 6 nitrogen and oxygen atoms in total. The predicted molar refractivity (Wildman–Crippen MR) is 88.2 cm³/mol. The fourth-order valence-corrected chi connectivity index (χ4v) is 2.66. The van der Waals surface area contributed by atoms with E-state index in [9.17, 15) is 4.79 Å². The van der Waals surface area contributed by atoms with Gasteiger partial charge in [0, 0.05) is 5.92 Å². The molecule has 0 bridgehead atoms. The fraction of sp³-hybridized carbons (Fsp3) is 0.588. The highest BCUT2D eigenvalue weighted by molar-refractivity contribution is 5.79. The summed E-state index contributed by atoms with van der Waals surface area (Å²) in [4.78, 5) is 12.4. The highest BCUT2D eigenvalue weighted by Crippen LogP contribution is 2.39. The van der Waals surface area contributed by atoms with E-state index < -0.39 is 0 Å². The monoisotopic (exact) mass is 322 g/mol. The Morgan fingerprint density at radius 2 is 1.70 bits per heavy atom. The molecule has 1 fully saturated rings. The van der Waals surface area contributed by atoms with Crippen LogP contribution in [0.2, 0.25) is 0 Å². The fourth-order valence-electron chi connectivity index (χ4n) is 2.66. The van der Waals surface area contributed by atoms with Gasteiger partial charge in [-0.15, -0.1) is 0 Å². The van der Waals surface area contributed by atoms with Crippen LogP contribution in [0.25, 0.3) is 0 Å². The summed E-state index contributed by atoms with van der Waals surface area (Å²) in [6.07, 6.45) is 0. The van der Waals surface area contributed by atoms with E-state index in [-0.39, 0.29) is 17.9 Å². The third-order valence-corrected chi connectivity index (χ3v) is 4.48. The molecule has 6 heteroatoms. The van der Waals surface area contributed by atoms with E-state index in [0.29, 0.717) is 23.2 Å². The van der Waals surface area contributed by atoms with Gasteiger partial charge in [-0.05, 0) is 43.6 Å². The molecule has 23 heavy (non-hydrogen) atoms. The van der Waals surface area contributed by atoms with Crippen molar-refractivity contribution in [1.82, 2.24) is 10.6 Å². The lowest BCUT2D eigenvalue weighted by molar-refractivity contribution is -0.127. The Hall–Kier alpha value is -1.95. The Bertz CT molecular complexity index is 533. The first-order valence-corrected chi connectivity index (χ1v) is 7.82. The molecule has 1 aliphatic rings. The summed E-state index contributed by atoms with van der Waals surface area (Å²) in [5, 5.41) is 6.26. The van der Waals surface area contributed by atoms with Crippen molar-refractivity contribution in [2.75, 3.05) is 34.4 Å². The van der Waals surface area contributed by atoms with Crippen molar-refractivity contribution in [3.8, 4) is 17.2 Å². The highest BCUT2D eigenvalue weighted by atomic mass is 16.5. The van der Waals surface area contributed by atoms with Gasteiger partial charge in [-0.25, -0.2) is 0 Å². The van der Waals surface area contributed by atoms with Crippen LogP contribution in [0.3, 0.4) is 0 Å². The average Bonchev–Trinajstić information content (AvgIpc) is 2.51. The summed E-state index contributed by atoms with van der Waals surface area (Å²) < 4.78 is 16.0. The first-order valence-electron chi connectivity index (χ1n) is 7.82. The van der Waals surface area contributed by atoms with Crippen molar-refractivity contribution >= 4 is 5.91 Å². The van der Waals surface area contributed by atoms with Gasteiger partial charge in [-0.2, -0.15) is 0 Å². The molecule has 0 spiro atoms. The second-order valence-corrected chi connectivity index (χ2v) is 5.90. The highest BCUT2D eigenvalue weighted by Gasteiger charge is 2.29. The number of carbonyl (C=O) groups is 1. The Morgan fingerprint density at radius 1 is 1.13 bits per heavy atom. The number of hydrogen-bond acceptors (Lipinski definition) is 5. The normalized spacial score (nSPS) is 16.9. The molecular formula is C17H26N2O4. The molecule has 0 radical (unpaired) electrons. The van der Waals surface area contributed by atoms with Crippen LogP contribution >= 0.6 is 0 Å². The molecule has 1 amide bonds. The molecule has 128 valence electrons. The maximum Gasteiger partial charge on any atom is 0.223 e. The van der Waals surface area contributed by atoms with Crippen LogP contribution in [-0.4, -0.2) is 40.3 Å². The third-order valence-electron chi connectivity index (χ3n) is 4.48. The van der Waals surface area contributed by atoms with Gasteiger partial charge < -0.3 is 24.8 Å². The molecule has 1 saturated heterocycles. The van der Waals surface area contributed by atoms with E-state index in [0.717, 1.165) is 18.7 Å². The van der Waals surface area contributed by atoms with Gasteiger partial charge in [-0.3, -0.25) is 4.79 Å². The van der Waals surface area contributed by atoms with E-state index in [1.807, 2.05) is 26.0 Å². The van der Waals surface area contributed by atoms with Crippen molar-refractivity contribution in [2.24, 2.45) is 11.8 Å². The molecule has 2 N–H and O–H groups in total. The third kappa shape index (κ3) is 3.69. The minimum atomic E-state index is -0.147. The van der Waals surface area contributed by atoms with E-state index in [1.165, 1.54) is 0 Å². The summed E-state index contributed by atoms with van der Waals surface area (Å²) in [5.41, 5.74) is 0.909. The Kier molecular flexibility index (Phi) is 5.71. The predicted octanol–water partition coefficient (Wildman–Crippen LogP) is 1.75. The molecule has 0 aliphatic carbocycles. The number of nitrogens with one attached hydrogen (secondary N) is 2. The second-order valence-electron chi connectivity index (χ2n) is 5.90. The smallest absolute Gasteiger partial charge is 0.223 e. The Balaban J connectivity index is 2.14. The molecule has 1 aromatic carbocycles. The lowest BCUT2D eigenvalue weighted by Crippen LogP contribution is -2.49. The summed E-state index contributed by atoms with van der Waals surface area (Å²) in [6.45, 7) is 5.74. The molecular weight excluding hydrogens is 296 g/mol. The maximum absolute atomic E-state index is 12.4. The van der Waals surface area contributed by atoms with Gasteiger partial charge in [0.25, 0.3) is 0 Å². The zero-order valence-corrected chi connectivity index (χ0v) is 14.4. The van der Waals surface area contributed by atoms with Gasteiger partial charge in [0.05, 0.1) is 27.4 Å². The SMILES string of the molecule is COc1cc(C(C)NC(=O)C(C)C2CNC2)cc(OC)c1OC. The van der Waals surface area contributed by atoms with Crippen LogP contribution in [0.5, 0.6) is 17.2 Å². The molecule has 1 aliphatic heterocycles. The first kappa shape index (κ1) is 17.4. The van der Waals surface area contributed by atoms with Crippen LogP contribution in [0.1, 0.15) is 25.5 Å². The first-order chi connectivity index (χ1) is 11.0. The van der Waals surface area contributed by atoms with Crippen LogP contribution < -0.4 is 24.8 Å². The van der Waals surface area contributed by atoms with Gasteiger partial charge >= 0.3 is 0 Å².